The minimum absolute atomic E-state index is 0.00278. The Morgan fingerprint density at radius 2 is 2.08 bits per heavy atom. The molecule has 1 aliphatic heterocycles. The molecule has 1 unspecified atom stereocenters. The fourth-order valence-electron chi connectivity index (χ4n) is 3.69. The van der Waals surface area contributed by atoms with Crippen LogP contribution < -0.4 is 5.32 Å². The maximum absolute atomic E-state index is 12.3. The number of thioether (sulfide) groups is 1. The average molecular weight is 401 g/mol. The lowest BCUT2D eigenvalue weighted by atomic mass is 9.95. The van der Waals surface area contributed by atoms with Crippen molar-refractivity contribution in [2.24, 2.45) is 7.05 Å². The van der Waals surface area contributed by atoms with Crippen molar-refractivity contribution in [3.8, 4) is 0 Å². The third-order valence-electron chi connectivity index (χ3n) is 5.31. The first-order chi connectivity index (χ1) is 12.3. The minimum atomic E-state index is -2.92. The van der Waals surface area contributed by atoms with E-state index in [1.54, 1.807) is 0 Å². The number of carbonyl (C=O) groups excluding carboxylic acids is 1. The molecule has 1 atom stereocenters. The van der Waals surface area contributed by atoms with E-state index in [1.807, 2.05) is 47.7 Å². The lowest BCUT2D eigenvalue weighted by Crippen LogP contribution is -2.45. The van der Waals surface area contributed by atoms with Crippen LogP contribution >= 0.6 is 11.8 Å². The maximum atomic E-state index is 12.3. The van der Waals surface area contributed by atoms with Gasteiger partial charge in [0.2, 0.25) is 5.91 Å². The van der Waals surface area contributed by atoms with E-state index in [2.05, 4.69) is 10.3 Å². The van der Waals surface area contributed by atoms with Crippen LogP contribution in [0.5, 0.6) is 0 Å². The number of hydrogen-bond acceptors (Lipinski definition) is 6. The highest BCUT2D eigenvalue weighted by Gasteiger charge is 2.31. The van der Waals surface area contributed by atoms with Crippen molar-refractivity contribution in [2.45, 2.75) is 54.6 Å². The number of amides is 1. The largest absolute Gasteiger partial charge is 0.352 e. The second-order valence-corrected chi connectivity index (χ2v) is 10.9. The van der Waals surface area contributed by atoms with E-state index in [1.165, 1.54) is 0 Å². The van der Waals surface area contributed by atoms with Crippen LogP contribution in [-0.2, 0) is 21.7 Å². The lowest BCUT2D eigenvalue weighted by Gasteiger charge is -2.29. The van der Waals surface area contributed by atoms with Gasteiger partial charge in [-0.05, 0) is 39.2 Å². The number of imidazole rings is 1. The van der Waals surface area contributed by atoms with Crippen LogP contribution in [0, 0.1) is 0 Å². The van der Waals surface area contributed by atoms with Crippen molar-refractivity contribution >= 4 is 27.5 Å². The molecule has 0 spiro atoms. The van der Waals surface area contributed by atoms with Gasteiger partial charge in [0, 0.05) is 36.8 Å². The third-order valence-corrected chi connectivity index (χ3v) is 8.47. The molecule has 2 heterocycles. The Morgan fingerprint density at radius 1 is 1.35 bits per heavy atom. The maximum Gasteiger partial charge on any atom is 0.234 e. The van der Waals surface area contributed by atoms with Crippen molar-refractivity contribution < 1.29 is 13.2 Å². The summed E-state index contributed by atoms with van der Waals surface area (Å²) in [5.41, 5.74) is 0. The van der Waals surface area contributed by atoms with E-state index in [0.29, 0.717) is 11.7 Å². The normalized spacial score (nSPS) is 28.3. The zero-order valence-corrected chi connectivity index (χ0v) is 17.1. The molecule has 2 aliphatic rings. The monoisotopic (exact) mass is 400 g/mol. The van der Waals surface area contributed by atoms with Gasteiger partial charge < -0.3 is 9.88 Å². The third kappa shape index (κ3) is 5.23. The Bertz CT molecular complexity index is 726. The average Bonchev–Trinajstić information content (AvgIpc) is 3.14. The molecule has 146 valence electrons. The summed E-state index contributed by atoms with van der Waals surface area (Å²) in [5.74, 6) is 0.408. The number of sulfone groups is 1. The van der Waals surface area contributed by atoms with Gasteiger partial charge in [0.25, 0.3) is 0 Å². The molecule has 3 rings (SSSR count). The van der Waals surface area contributed by atoms with Crippen molar-refractivity contribution in [1.82, 2.24) is 19.8 Å². The highest BCUT2D eigenvalue weighted by molar-refractivity contribution is 7.99. The molecule has 1 amide bonds. The molecule has 7 nitrogen and oxygen atoms in total. The van der Waals surface area contributed by atoms with Crippen LogP contribution in [0.15, 0.2) is 17.6 Å². The zero-order valence-electron chi connectivity index (χ0n) is 15.4. The zero-order chi connectivity index (χ0) is 18.7. The minimum Gasteiger partial charge on any atom is -0.352 e. The van der Waals surface area contributed by atoms with Gasteiger partial charge in [0.05, 0.1) is 18.1 Å². The van der Waals surface area contributed by atoms with Crippen molar-refractivity contribution in [3.05, 3.63) is 12.4 Å². The first-order valence-electron chi connectivity index (χ1n) is 9.16. The summed E-state index contributed by atoms with van der Waals surface area (Å²) in [5, 5.41) is 4.72. The fraction of sp³-hybridized carbons (Fsp3) is 0.765. The van der Waals surface area contributed by atoms with Crippen LogP contribution in [-0.4, -0.2) is 71.2 Å². The van der Waals surface area contributed by atoms with Gasteiger partial charge in [-0.1, -0.05) is 11.8 Å². The second-order valence-electron chi connectivity index (χ2n) is 7.45. The molecule has 0 bridgehead atoms. The lowest BCUT2D eigenvalue weighted by molar-refractivity contribution is -0.123. The molecule has 0 radical (unpaired) electrons. The molecular weight excluding hydrogens is 372 g/mol. The van der Waals surface area contributed by atoms with Gasteiger partial charge >= 0.3 is 0 Å². The topological polar surface area (TPSA) is 84.3 Å². The number of nitrogens with zero attached hydrogens (tertiary/aromatic N) is 3. The number of carbonyl (C=O) groups is 1. The van der Waals surface area contributed by atoms with Crippen molar-refractivity contribution in [1.29, 1.82) is 0 Å². The summed E-state index contributed by atoms with van der Waals surface area (Å²) in [7, 11) is 0.929. The summed E-state index contributed by atoms with van der Waals surface area (Å²) in [4.78, 5) is 18.5. The van der Waals surface area contributed by atoms with Crippen LogP contribution in [0.2, 0.25) is 0 Å². The molecule has 1 aliphatic carbocycles. The summed E-state index contributed by atoms with van der Waals surface area (Å²) in [6.45, 7) is 0.266. The summed E-state index contributed by atoms with van der Waals surface area (Å²) < 4.78 is 25.2. The number of nitrogens with one attached hydrogen (secondary N) is 1. The molecule has 26 heavy (non-hydrogen) atoms. The summed E-state index contributed by atoms with van der Waals surface area (Å²) >= 11 is 1.82. The Labute approximate surface area is 159 Å². The van der Waals surface area contributed by atoms with Gasteiger partial charge in [0.15, 0.2) is 15.0 Å². The Kier molecular flexibility index (Phi) is 6.29. The van der Waals surface area contributed by atoms with Crippen LogP contribution in [0.4, 0.5) is 0 Å². The van der Waals surface area contributed by atoms with Crippen LogP contribution in [0.3, 0.4) is 0 Å². The molecule has 0 aromatic carbocycles. The first-order valence-corrected chi connectivity index (χ1v) is 11.9. The molecule has 9 heteroatoms. The predicted octanol–water partition coefficient (Wildman–Crippen LogP) is 1.06. The Morgan fingerprint density at radius 3 is 2.65 bits per heavy atom. The molecule has 1 aromatic heterocycles. The highest BCUT2D eigenvalue weighted by atomic mass is 32.2. The first kappa shape index (κ1) is 19.7. The van der Waals surface area contributed by atoms with Crippen LogP contribution in [0.25, 0.3) is 0 Å². The van der Waals surface area contributed by atoms with E-state index in [9.17, 15) is 13.2 Å². The number of rotatable bonds is 6. The molecule has 1 N–H and O–H groups in total. The summed E-state index contributed by atoms with van der Waals surface area (Å²) in [6, 6.07) is 0.192. The number of hydrogen-bond donors (Lipinski definition) is 1. The van der Waals surface area contributed by atoms with E-state index >= 15 is 0 Å². The molecule has 1 saturated heterocycles. The number of likely N-dealkylation sites (N-methyl/N-ethyl adjacent to an activating group) is 1. The second kappa shape index (κ2) is 8.31. The molecule has 1 aromatic rings. The number of aromatic nitrogens is 2. The van der Waals surface area contributed by atoms with Gasteiger partial charge in [0.1, 0.15) is 0 Å². The van der Waals surface area contributed by atoms with Gasteiger partial charge in [-0.15, -0.1) is 0 Å². The fourth-order valence-corrected chi connectivity index (χ4v) is 6.65. The SMILES string of the molecule is CN(CC(=O)NC1CCC(Sc2nccn2C)CC1)C1CCS(=O)(=O)C1. The van der Waals surface area contributed by atoms with Gasteiger partial charge in [-0.3, -0.25) is 9.69 Å². The Hall–Kier alpha value is -1.06. The van der Waals surface area contributed by atoms with Gasteiger partial charge in [-0.2, -0.15) is 0 Å². The molecule has 1 saturated carbocycles. The molecule has 2 fully saturated rings. The van der Waals surface area contributed by atoms with E-state index in [4.69, 9.17) is 0 Å². The smallest absolute Gasteiger partial charge is 0.234 e. The molecular formula is C17H28N4O3S2. The van der Waals surface area contributed by atoms with Crippen molar-refractivity contribution in [2.75, 3.05) is 25.1 Å². The van der Waals surface area contributed by atoms with Crippen molar-refractivity contribution in [3.63, 3.8) is 0 Å². The number of aryl methyl sites for hydroxylation is 1. The summed E-state index contributed by atoms with van der Waals surface area (Å²) in [6.07, 6.45) is 8.51. The Balaban J connectivity index is 1.39. The standard InChI is InChI=1S/C17H28N4O3S2/c1-20-9-8-18-17(20)25-15-5-3-13(4-6-15)19-16(22)11-21(2)14-7-10-26(23,24)12-14/h8-9,13-15H,3-7,10-12H2,1-2H3,(H,19,22). The quantitative estimate of drug-likeness (QED) is 0.769. The van der Waals surface area contributed by atoms with E-state index in [-0.39, 0.29) is 36.0 Å². The predicted molar refractivity (Wildman–Crippen MR) is 103 cm³/mol. The highest BCUT2D eigenvalue weighted by Crippen LogP contribution is 2.32. The van der Waals surface area contributed by atoms with Crippen LogP contribution in [0.1, 0.15) is 32.1 Å². The van der Waals surface area contributed by atoms with E-state index < -0.39 is 9.84 Å². The van der Waals surface area contributed by atoms with Gasteiger partial charge in [-0.25, -0.2) is 13.4 Å². The van der Waals surface area contributed by atoms with E-state index in [0.717, 1.165) is 30.8 Å².